The van der Waals surface area contributed by atoms with Crippen molar-refractivity contribution in [2.75, 3.05) is 29.5 Å². The number of thioether (sulfide) groups is 1. The van der Waals surface area contributed by atoms with Crippen LogP contribution in [0.1, 0.15) is 11.1 Å². The van der Waals surface area contributed by atoms with Crippen molar-refractivity contribution in [2.45, 2.75) is 12.8 Å². The Bertz CT molecular complexity index is 334. The second-order valence-electron chi connectivity index (χ2n) is 3.85. The standard InChI is InChI=1S/C12H16ClNS/c1-10-8-11(9-13)2-3-12(10)14-4-6-15-7-5-14/h2-3,8H,4-7,9H2,1H3. The second kappa shape index (κ2) is 5.13. The summed E-state index contributed by atoms with van der Waals surface area (Å²) in [5.41, 5.74) is 3.94. The SMILES string of the molecule is Cc1cc(CCl)ccc1N1CCSCC1. The summed E-state index contributed by atoms with van der Waals surface area (Å²) in [7, 11) is 0. The molecule has 1 saturated heterocycles. The second-order valence-corrected chi connectivity index (χ2v) is 5.35. The van der Waals surface area contributed by atoms with Crippen LogP contribution in [0.3, 0.4) is 0 Å². The van der Waals surface area contributed by atoms with E-state index in [0.717, 1.165) is 0 Å². The molecule has 1 aliphatic heterocycles. The average molecular weight is 242 g/mol. The smallest absolute Gasteiger partial charge is 0.0474 e. The molecule has 3 heteroatoms. The zero-order valence-electron chi connectivity index (χ0n) is 9.00. The molecule has 0 spiro atoms. The van der Waals surface area contributed by atoms with Gasteiger partial charge >= 0.3 is 0 Å². The van der Waals surface area contributed by atoms with Gasteiger partial charge in [0.25, 0.3) is 0 Å². The average Bonchev–Trinajstić information content (AvgIpc) is 2.30. The van der Waals surface area contributed by atoms with Crippen LogP contribution in [0.25, 0.3) is 0 Å². The minimum atomic E-state index is 0.608. The van der Waals surface area contributed by atoms with Crippen molar-refractivity contribution in [1.29, 1.82) is 0 Å². The quantitative estimate of drug-likeness (QED) is 0.731. The minimum Gasteiger partial charge on any atom is -0.370 e. The molecule has 0 amide bonds. The molecule has 1 aliphatic rings. The lowest BCUT2D eigenvalue weighted by Crippen LogP contribution is -2.32. The Morgan fingerprint density at radius 2 is 2.07 bits per heavy atom. The zero-order valence-corrected chi connectivity index (χ0v) is 10.6. The number of nitrogens with zero attached hydrogens (tertiary/aromatic N) is 1. The maximum Gasteiger partial charge on any atom is 0.0474 e. The molecule has 0 aromatic heterocycles. The summed E-state index contributed by atoms with van der Waals surface area (Å²) in [6, 6.07) is 6.55. The van der Waals surface area contributed by atoms with Crippen LogP contribution in [-0.2, 0) is 5.88 Å². The normalized spacial score (nSPS) is 16.8. The van der Waals surface area contributed by atoms with Gasteiger partial charge in [0, 0.05) is 36.2 Å². The van der Waals surface area contributed by atoms with E-state index < -0.39 is 0 Å². The third-order valence-electron chi connectivity index (χ3n) is 2.77. The van der Waals surface area contributed by atoms with Crippen LogP contribution in [0.4, 0.5) is 5.69 Å². The van der Waals surface area contributed by atoms with E-state index in [1.165, 1.54) is 41.4 Å². The van der Waals surface area contributed by atoms with Gasteiger partial charge in [0.2, 0.25) is 0 Å². The van der Waals surface area contributed by atoms with E-state index in [4.69, 9.17) is 11.6 Å². The van der Waals surface area contributed by atoms with Crippen LogP contribution in [0, 0.1) is 6.92 Å². The number of rotatable bonds is 2. The van der Waals surface area contributed by atoms with Gasteiger partial charge in [0.05, 0.1) is 0 Å². The molecule has 2 rings (SSSR count). The van der Waals surface area contributed by atoms with Crippen molar-refractivity contribution in [3.05, 3.63) is 29.3 Å². The molecule has 82 valence electrons. The summed E-state index contributed by atoms with van der Waals surface area (Å²) in [4.78, 5) is 2.48. The molecule has 0 saturated carbocycles. The molecule has 0 aliphatic carbocycles. The van der Waals surface area contributed by atoms with Gasteiger partial charge in [-0.05, 0) is 24.1 Å². The number of anilines is 1. The molecule has 1 aromatic rings. The molecule has 1 nitrogen and oxygen atoms in total. The fourth-order valence-corrected chi connectivity index (χ4v) is 3.03. The third-order valence-corrected chi connectivity index (χ3v) is 4.02. The Labute approximate surface area is 101 Å². The van der Waals surface area contributed by atoms with E-state index in [2.05, 4.69) is 30.0 Å². The lowest BCUT2D eigenvalue weighted by Gasteiger charge is -2.30. The molecule has 1 fully saturated rings. The van der Waals surface area contributed by atoms with E-state index in [1.54, 1.807) is 0 Å². The number of benzene rings is 1. The fraction of sp³-hybridized carbons (Fsp3) is 0.500. The third kappa shape index (κ3) is 2.61. The van der Waals surface area contributed by atoms with Gasteiger partial charge in [-0.3, -0.25) is 0 Å². The highest BCUT2D eigenvalue weighted by atomic mass is 35.5. The number of hydrogen-bond donors (Lipinski definition) is 0. The predicted molar refractivity (Wildman–Crippen MR) is 70.3 cm³/mol. The molecule has 1 heterocycles. The van der Waals surface area contributed by atoms with Gasteiger partial charge < -0.3 is 4.90 Å². The lowest BCUT2D eigenvalue weighted by atomic mass is 10.1. The van der Waals surface area contributed by atoms with Crippen LogP contribution in [0.5, 0.6) is 0 Å². The van der Waals surface area contributed by atoms with Crippen molar-refractivity contribution >= 4 is 29.1 Å². The minimum absolute atomic E-state index is 0.608. The van der Waals surface area contributed by atoms with Crippen molar-refractivity contribution in [3.8, 4) is 0 Å². The molecule has 15 heavy (non-hydrogen) atoms. The monoisotopic (exact) mass is 241 g/mol. The van der Waals surface area contributed by atoms with E-state index in [1.807, 2.05) is 11.8 Å². The molecular weight excluding hydrogens is 226 g/mol. The Balaban J connectivity index is 2.19. The first-order valence-corrected chi connectivity index (χ1v) is 6.98. The van der Waals surface area contributed by atoms with Crippen molar-refractivity contribution in [3.63, 3.8) is 0 Å². The highest BCUT2D eigenvalue weighted by molar-refractivity contribution is 7.99. The van der Waals surface area contributed by atoms with Crippen LogP contribution < -0.4 is 4.90 Å². The van der Waals surface area contributed by atoms with E-state index >= 15 is 0 Å². The Morgan fingerprint density at radius 1 is 1.33 bits per heavy atom. The van der Waals surface area contributed by atoms with Gasteiger partial charge in [-0.2, -0.15) is 11.8 Å². The number of halogens is 1. The summed E-state index contributed by atoms with van der Waals surface area (Å²) in [5, 5.41) is 0. The largest absolute Gasteiger partial charge is 0.370 e. The van der Waals surface area contributed by atoms with E-state index in [-0.39, 0.29) is 0 Å². The Hall–Kier alpha value is -0.340. The molecule has 1 aromatic carbocycles. The van der Waals surface area contributed by atoms with Gasteiger partial charge in [-0.25, -0.2) is 0 Å². The molecule has 0 atom stereocenters. The van der Waals surface area contributed by atoms with Crippen molar-refractivity contribution in [2.24, 2.45) is 0 Å². The summed E-state index contributed by atoms with van der Waals surface area (Å²) in [6.45, 7) is 4.52. The number of hydrogen-bond acceptors (Lipinski definition) is 2. The Morgan fingerprint density at radius 3 is 2.67 bits per heavy atom. The van der Waals surface area contributed by atoms with Gasteiger partial charge in [0.15, 0.2) is 0 Å². The van der Waals surface area contributed by atoms with Crippen molar-refractivity contribution < 1.29 is 0 Å². The molecule has 0 bridgehead atoms. The van der Waals surface area contributed by atoms with Crippen LogP contribution in [-0.4, -0.2) is 24.6 Å². The van der Waals surface area contributed by atoms with Crippen LogP contribution in [0.2, 0.25) is 0 Å². The first-order valence-electron chi connectivity index (χ1n) is 5.29. The summed E-state index contributed by atoms with van der Waals surface area (Å²) < 4.78 is 0. The first-order chi connectivity index (χ1) is 7.31. The summed E-state index contributed by atoms with van der Waals surface area (Å²) in [5.74, 6) is 3.10. The highest BCUT2D eigenvalue weighted by Crippen LogP contribution is 2.24. The molecular formula is C12H16ClNS. The van der Waals surface area contributed by atoms with Crippen molar-refractivity contribution in [1.82, 2.24) is 0 Å². The lowest BCUT2D eigenvalue weighted by molar-refractivity contribution is 0.854. The zero-order chi connectivity index (χ0) is 10.7. The number of alkyl halides is 1. The number of aryl methyl sites for hydroxylation is 1. The van der Waals surface area contributed by atoms with Crippen LogP contribution >= 0.6 is 23.4 Å². The first kappa shape index (κ1) is 11.2. The summed E-state index contributed by atoms with van der Waals surface area (Å²) in [6.07, 6.45) is 0. The molecule has 0 unspecified atom stereocenters. The van der Waals surface area contributed by atoms with E-state index in [9.17, 15) is 0 Å². The maximum atomic E-state index is 5.82. The van der Waals surface area contributed by atoms with Gasteiger partial charge in [-0.15, -0.1) is 11.6 Å². The Kier molecular flexibility index (Phi) is 3.81. The van der Waals surface area contributed by atoms with Crippen LogP contribution in [0.15, 0.2) is 18.2 Å². The maximum absolute atomic E-state index is 5.82. The molecule has 0 N–H and O–H groups in total. The predicted octanol–water partition coefficient (Wildman–Crippen LogP) is 3.29. The summed E-state index contributed by atoms with van der Waals surface area (Å²) >= 11 is 7.86. The van der Waals surface area contributed by atoms with Gasteiger partial charge in [-0.1, -0.05) is 12.1 Å². The van der Waals surface area contributed by atoms with Gasteiger partial charge in [0.1, 0.15) is 0 Å². The highest BCUT2D eigenvalue weighted by Gasteiger charge is 2.12. The molecule has 0 radical (unpaired) electrons. The topological polar surface area (TPSA) is 3.24 Å². The fourth-order valence-electron chi connectivity index (χ4n) is 1.96. The van der Waals surface area contributed by atoms with E-state index in [0.29, 0.717) is 5.88 Å².